The molecule has 2 aromatic carbocycles. The van der Waals surface area contributed by atoms with Crippen molar-refractivity contribution in [1.82, 2.24) is 0 Å². The summed E-state index contributed by atoms with van der Waals surface area (Å²) >= 11 is 0. The van der Waals surface area contributed by atoms with Gasteiger partial charge >= 0.3 is 12.1 Å². The van der Waals surface area contributed by atoms with Crippen LogP contribution < -0.4 is 10.1 Å². The first-order chi connectivity index (χ1) is 12.7. The lowest BCUT2D eigenvalue weighted by Crippen LogP contribution is -2.17. The number of hydrogen-bond donors (Lipinski definition) is 1. The van der Waals surface area contributed by atoms with Crippen molar-refractivity contribution in [2.45, 2.75) is 12.8 Å². The lowest BCUT2D eigenvalue weighted by molar-refractivity contribution is -0.384. The van der Waals surface area contributed by atoms with Crippen LogP contribution in [-0.2, 0) is 22.3 Å². The first kappa shape index (κ1) is 20.0. The summed E-state index contributed by atoms with van der Waals surface area (Å²) in [7, 11) is 1.52. The molecule has 0 aliphatic carbocycles. The maximum Gasteiger partial charge on any atom is 0.416 e. The Labute approximate surface area is 151 Å². The maximum atomic E-state index is 12.7. The van der Waals surface area contributed by atoms with E-state index in [9.17, 15) is 28.1 Å². The molecule has 7 nitrogen and oxygen atoms in total. The van der Waals surface area contributed by atoms with E-state index in [0.717, 1.165) is 6.07 Å². The van der Waals surface area contributed by atoms with Gasteiger partial charge in [-0.05, 0) is 29.8 Å². The summed E-state index contributed by atoms with van der Waals surface area (Å²) < 4.78 is 48.0. The summed E-state index contributed by atoms with van der Waals surface area (Å²) in [6.07, 6.45) is -4.71. The number of ether oxygens (including phenoxy) is 2. The van der Waals surface area contributed by atoms with Gasteiger partial charge in [0.05, 0.1) is 17.6 Å². The second-order valence-corrected chi connectivity index (χ2v) is 5.35. The van der Waals surface area contributed by atoms with E-state index in [1.54, 1.807) is 24.3 Å². The van der Waals surface area contributed by atoms with Crippen LogP contribution in [0.4, 0.5) is 24.5 Å². The van der Waals surface area contributed by atoms with Crippen LogP contribution >= 0.6 is 0 Å². The van der Waals surface area contributed by atoms with Crippen molar-refractivity contribution in [3.63, 3.8) is 0 Å². The number of nitro benzene ring substituents is 1. The molecule has 27 heavy (non-hydrogen) atoms. The zero-order valence-electron chi connectivity index (χ0n) is 14.1. The lowest BCUT2D eigenvalue weighted by Gasteiger charge is -2.11. The van der Waals surface area contributed by atoms with Gasteiger partial charge in [0.15, 0.2) is 0 Å². The number of hydrogen-bond acceptors (Lipinski definition) is 6. The minimum Gasteiger partial charge on any atom is -0.497 e. The fourth-order valence-electron chi connectivity index (χ4n) is 2.11. The average molecular weight is 384 g/mol. The van der Waals surface area contributed by atoms with E-state index >= 15 is 0 Å². The molecule has 0 aromatic heterocycles. The molecule has 2 rings (SSSR count). The highest BCUT2D eigenvalue weighted by atomic mass is 19.4. The Hall–Kier alpha value is -3.30. The van der Waals surface area contributed by atoms with Crippen molar-refractivity contribution >= 4 is 17.3 Å². The summed E-state index contributed by atoms with van der Waals surface area (Å²) in [4.78, 5) is 21.8. The van der Waals surface area contributed by atoms with E-state index in [-0.39, 0.29) is 12.3 Å². The Morgan fingerprint density at radius 2 is 1.85 bits per heavy atom. The molecule has 0 aliphatic rings. The molecule has 0 fully saturated rings. The van der Waals surface area contributed by atoms with Crippen molar-refractivity contribution in [1.29, 1.82) is 0 Å². The lowest BCUT2D eigenvalue weighted by atomic mass is 10.1. The molecule has 0 atom stereocenters. The molecule has 0 spiro atoms. The molecule has 1 N–H and O–H groups in total. The van der Waals surface area contributed by atoms with Crippen molar-refractivity contribution in [2.24, 2.45) is 0 Å². The van der Waals surface area contributed by atoms with Gasteiger partial charge in [0.1, 0.15) is 24.6 Å². The maximum absolute atomic E-state index is 12.7. The van der Waals surface area contributed by atoms with Crippen LogP contribution in [0.25, 0.3) is 0 Å². The minimum absolute atomic E-state index is 0.0282. The van der Waals surface area contributed by atoms with Gasteiger partial charge in [-0.2, -0.15) is 13.2 Å². The summed E-state index contributed by atoms with van der Waals surface area (Å²) in [6.45, 7) is -0.470. The van der Waals surface area contributed by atoms with Crippen LogP contribution in [0.15, 0.2) is 42.5 Å². The number of esters is 1. The van der Waals surface area contributed by atoms with Crippen molar-refractivity contribution in [3.8, 4) is 5.75 Å². The molecule has 144 valence electrons. The normalized spacial score (nSPS) is 11.0. The molecule has 0 heterocycles. The van der Waals surface area contributed by atoms with E-state index in [1.807, 2.05) is 0 Å². The molecule has 0 saturated carbocycles. The number of halogens is 3. The molecule has 0 radical (unpaired) electrons. The molecular weight excluding hydrogens is 369 g/mol. The van der Waals surface area contributed by atoms with Crippen LogP contribution in [0.2, 0.25) is 0 Å². The number of benzene rings is 2. The minimum atomic E-state index is -4.71. The highest BCUT2D eigenvalue weighted by Gasteiger charge is 2.33. The first-order valence-electron chi connectivity index (χ1n) is 7.59. The second-order valence-electron chi connectivity index (χ2n) is 5.35. The van der Waals surface area contributed by atoms with E-state index in [1.165, 1.54) is 7.11 Å². The molecule has 2 aromatic rings. The summed E-state index contributed by atoms with van der Waals surface area (Å²) in [5, 5.41) is 13.4. The standard InChI is InChI=1S/C17H15F3N2O5/c1-26-13-5-2-11(3-6-13)10-27-16(23)9-21-14-7-4-12(17(18,19)20)8-15(14)22(24)25/h2-8,21H,9-10H2,1H3. The third-order valence-electron chi connectivity index (χ3n) is 3.50. The van der Waals surface area contributed by atoms with Crippen LogP contribution in [0, 0.1) is 10.1 Å². The molecular formula is C17H15F3N2O5. The molecule has 10 heteroatoms. The number of carbonyl (C=O) groups is 1. The topological polar surface area (TPSA) is 90.7 Å². The number of nitrogens with zero attached hydrogens (tertiary/aromatic N) is 1. The predicted octanol–water partition coefficient (Wildman–Crippen LogP) is 3.78. The zero-order valence-corrected chi connectivity index (χ0v) is 14.1. The Balaban J connectivity index is 1.96. The number of nitro groups is 1. The SMILES string of the molecule is COc1ccc(COC(=O)CNc2ccc(C(F)(F)F)cc2[N+](=O)[O-])cc1. The van der Waals surface area contributed by atoms with Gasteiger partial charge in [-0.1, -0.05) is 12.1 Å². The number of methoxy groups -OCH3 is 1. The van der Waals surface area contributed by atoms with Crippen molar-refractivity contribution in [3.05, 3.63) is 63.7 Å². The summed E-state index contributed by atoms with van der Waals surface area (Å²) in [5.41, 5.74) is -1.45. The Morgan fingerprint density at radius 3 is 2.41 bits per heavy atom. The number of nitrogens with one attached hydrogen (secondary N) is 1. The highest BCUT2D eigenvalue weighted by Crippen LogP contribution is 2.34. The Bertz CT molecular complexity index is 822. The molecule has 0 bridgehead atoms. The molecule has 0 unspecified atom stereocenters. The third-order valence-corrected chi connectivity index (χ3v) is 3.50. The van der Waals surface area contributed by atoms with Gasteiger partial charge in [-0.3, -0.25) is 14.9 Å². The zero-order chi connectivity index (χ0) is 20.0. The number of carbonyl (C=O) groups excluding carboxylic acids is 1. The number of rotatable bonds is 7. The largest absolute Gasteiger partial charge is 0.497 e. The van der Waals surface area contributed by atoms with Gasteiger partial charge < -0.3 is 14.8 Å². The van der Waals surface area contributed by atoms with Gasteiger partial charge in [0.2, 0.25) is 0 Å². The van der Waals surface area contributed by atoms with Gasteiger partial charge in [0, 0.05) is 6.07 Å². The smallest absolute Gasteiger partial charge is 0.416 e. The Kier molecular flexibility index (Phi) is 6.22. The van der Waals surface area contributed by atoms with Crippen molar-refractivity contribution < 1.29 is 32.4 Å². The first-order valence-corrected chi connectivity index (χ1v) is 7.59. The number of alkyl halides is 3. The van der Waals surface area contributed by atoms with Gasteiger partial charge in [-0.15, -0.1) is 0 Å². The van der Waals surface area contributed by atoms with E-state index in [4.69, 9.17) is 9.47 Å². The monoisotopic (exact) mass is 384 g/mol. The average Bonchev–Trinajstić information content (AvgIpc) is 2.64. The van der Waals surface area contributed by atoms with E-state index in [0.29, 0.717) is 23.4 Å². The fourth-order valence-corrected chi connectivity index (χ4v) is 2.11. The van der Waals surface area contributed by atoms with E-state index in [2.05, 4.69) is 5.32 Å². The molecule has 0 amide bonds. The van der Waals surface area contributed by atoms with Crippen molar-refractivity contribution in [2.75, 3.05) is 19.0 Å². The fraction of sp³-hybridized carbons (Fsp3) is 0.235. The van der Waals surface area contributed by atoms with Crippen LogP contribution in [-0.4, -0.2) is 24.5 Å². The quantitative estimate of drug-likeness (QED) is 0.444. The second kappa shape index (κ2) is 8.39. The molecule has 0 aliphatic heterocycles. The van der Waals surface area contributed by atoms with Gasteiger partial charge in [0.25, 0.3) is 5.69 Å². The predicted molar refractivity (Wildman–Crippen MR) is 89.4 cm³/mol. The molecule has 0 saturated heterocycles. The highest BCUT2D eigenvalue weighted by molar-refractivity contribution is 5.76. The van der Waals surface area contributed by atoms with Crippen LogP contribution in [0.5, 0.6) is 5.75 Å². The van der Waals surface area contributed by atoms with E-state index < -0.39 is 34.9 Å². The van der Waals surface area contributed by atoms with Crippen LogP contribution in [0.1, 0.15) is 11.1 Å². The Morgan fingerprint density at radius 1 is 1.19 bits per heavy atom. The van der Waals surface area contributed by atoms with Gasteiger partial charge in [-0.25, -0.2) is 0 Å². The third kappa shape index (κ3) is 5.59. The van der Waals surface area contributed by atoms with Crippen LogP contribution in [0.3, 0.4) is 0 Å². The summed E-state index contributed by atoms with van der Waals surface area (Å²) in [6, 6.07) is 8.77. The summed E-state index contributed by atoms with van der Waals surface area (Å²) in [5.74, 6) is -0.0821. The number of anilines is 1.